The first-order chi connectivity index (χ1) is 29.4. The van der Waals surface area contributed by atoms with E-state index >= 15 is 4.79 Å². The van der Waals surface area contributed by atoms with Crippen LogP contribution in [0.2, 0.25) is 18.6 Å². The van der Waals surface area contributed by atoms with Crippen molar-refractivity contribution in [3.05, 3.63) is 166 Å². The van der Waals surface area contributed by atoms with E-state index in [1.54, 1.807) is 44.9 Å². The van der Waals surface area contributed by atoms with E-state index in [1.807, 2.05) is 105 Å². The van der Waals surface area contributed by atoms with Gasteiger partial charge >= 0.3 is 0 Å². The summed E-state index contributed by atoms with van der Waals surface area (Å²) in [5, 5.41) is 31.2. The van der Waals surface area contributed by atoms with E-state index in [9.17, 15) is 24.8 Å². The zero-order valence-corrected chi connectivity index (χ0v) is 34.8. The number of nitro benzene ring substituents is 1. The van der Waals surface area contributed by atoms with E-state index in [1.165, 1.54) is 12.1 Å². The van der Waals surface area contributed by atoms with Crippen LogP contribution in [0, 0.1) is 16.0 Å². The Morgan fingerprint density at radius 2 is 1.64 bits per heavy atom. The minimum absolute atomic E-state index is 0.0660. The first kappa shape index (κ1) is 39.9. The van der Waals surface area contributed by atoms with Crippen molar-refractivity contribution in [3.63, 3.8) is 0 Å². The van der Waals surface area contributed by atoms with Crippen LogP contribution in [0.3, 0.4) is 0 Å². The number of aromatic nitrogens is 3. The summed E-state index contributed by atoms with van der Waals surface area (Å²) in [7, 11) is -3.07. The smallest absolute Gasteiger partial charge is 0.269 e. The maximum absolute atomic E-state index is 15.2. The normalized spacial score (nSPS) is 21.2. The largest absolute Gasteiger partial charge is 0.454 e. The molecule has 6 aromatic rings. The topological polar surface area (TPSA) is 173 Å². The zero-order valence-electron chi connectivity index (χ0n) is 33.8. The number of fused-ring (bicyclic) bond motifs is 4. The fraction of sp³-hybridized carbons (Fsp3) is 0.261. The molecule has 15 heteroatoms. The Labute approximate surface area is 352 Å². The highest BCUT2D eigenvalue weighted by Crippen LogP contribution is 2.60. The van der Waals surface area contributed by atoms with Gasteiger partial charge in [0, 0.05) is 47.6 Å². The Balaban J connectivity index is 1.05. The first-order valence-electron chi connectivity index (χ1n) is 20.2. The Morgan fingerprint density at radius 1 is 0.902 bits per heavy atom. The number of hydrogen-bond acceptors (Lipinski definition) is 10. The second-order valence-electron chi connectivity index (χ2n) is 16.4. The summed E-state index contributed by atoms with van der Waals surface area (Å²) >= 11 is 0. The molecule has 0 bridgehead atoms. The number of aliphatic hydroxyl groups is 1. The van der Waals surface area contributed by atoms with Crippen LogP contribution in [0.4, 0.5) is 22.7 Å². The number of amides is 2. The van der Waals surface area contributed by atoms with Crippen molar-refractivity contribution in [1.82, 2.24) is 15.0 Å². The van der Waals surface area contributed by atoms with Crippen LogP contribution in [0.5, 0.6) is 11.5 Å². The second-order valence-corrected chi connectivity index (χ2v) is 20.4. The lowest BCUT2D eigenvalue weighted by molar-refractivity contribution is -0.385. The predicted octanol–water partition coefficient (Wildman–Crippen LogP) is 7.83. The zero-order chi connectivity index (χ0) is 42.6. The van der Waals surface area contributed by atoms with Crippen LogP contribution in [0.25, 0.3) is 0 Å². The van der Waals surface area contributed by atoms with E-state index in [4.69, 9.17) is 9.47 Å². The number of non-ortho nitro benzene ring substituents is 1. The van der Waals surface area contributed by atoms with Crippen molar-refractivity contribution in [3.8, 4) is 11.5 Å². The van der Waals surface area contributed by atoms with Gasteiger partial charge in [-0.1, -0.05) is 78.9 Å². The summed E-state index contributed by atoms with van der Waals surface area (Å²) in [6, 6.07) is 35.7. The van der Waals surface area contributed by atoms with Gasteiger partial charge in [-0.3, -0.25) is 29.3 Å². The van der Waals surface area contributed by atoms with Crippen molar-refractivity contribution in [1.29, 1.82) is 0 Å². The van der Waals surface area contributed by atoms with Gasteiger partial charge in [0.2, 0.25) is 0 Å². The molecule has 0 radical (unpaired) electrons. The van der Waals surface area contributed by atoms with Gasteiger partial charge in [-0.25, -0.2) is 0 Å². The highest BCUT2D eigenvalue weighted by molar-refractivity contribution is 6.71. The molecule has 5 atom stereocenters. The van der Waals surface area contributed by atoms with E-state index in [0.29, 0.717) is 63.9 Å². The minimum Gasteiger partial charge on any atom is -0.454 e. The summed E-state index contributed by atoms with van der Waals surface area (Å²) in [6.07, 6.45) is 1.54. The molecular weight excluding hydrogens is 793 g/mol. The van der Waals surface area contributed by atoms with Gasteiger partial charge < -0.3 is 24.3 Å². The molecule has 0 aliphatic carbocycles. The SMILES string of the molecule is C[C@@H]1[C@@H]([Si](C)(C)O)[C@H](CCn2cc(C(CO)c3ccccc3)nn2)O[C@@]12C(=O)N(Cc1cccc(N3C(=O)c4ccccc4Oc4ccccc43)c1)c1ccc([N+](=O)[O-])cc12. The lowest BCUT2D eigenvalue weighted by Crippen LogP contribution is -2.46. The number of aryl methyl sites for hydroxylation is 1. The number of benzene rings is 5. The Kier molecular flexibility index (Phi) is 10.1. The highest BCUT2D eigenvalue weighted by Gasteiger charge is 2.66. The van der Waals surface area contributed by atoms with Gasteiger partial charge in [0.05, 0.1) is 52.7 Å². The van der Waals surface area contributed by atoms with E-state index in [0.717, 1.165) is 5.56 Å². The van der Waals surface area contributed by atoms with E-state index in [-0.39, 0.29) is 36.6 Å². The molecule has 4 heterocycles. The number of carbonyl (C=O) groups excluding carboxylic acids is 2. The quantitative estimate of drug-likeness (QED) is 0.0744. The molecule has 2 amide bonds. The Morgan fingerprint density at radius 3 is 2.39 bits per heavy atom. The molecule has 1 unspecified atom stereocenters. The summed E-state index contributed by atoms with van der Waals surface area (Å²) < 4.78 is 14.9. The van der Waals surface area contributed by atoms with E-state index < -0.39 is 36.4 Å². The molecular formula is C46H44N6O8Si. The summed E-state index contributed by atoms with van der Waals surface area (Å²) in [6.45, 7) is 5.80. The van der Waals surface area contributed by atoms with Gasteiger partial charge in [-0.05, 0) is 73.1 Å². The third-order valence-corrected chi connectivity index (χ3v) is 14.8. The van der Waals surface area contributed by atoms with Crippen molar-refractivity contribution in [2.45, 2.75) is 62.7 Å². The molecule has 1 spiro atoms. The van der Waals surface area contributed by atoms with Gasteiger partial charge in [-0.2, -0.15) is 0 Å². The van der Waals surface area contributed by atoms with E-state index in [2.05, 4.69) is 10.3 Å². The molecule has 1 aromatic heterocycles. The van der Waals surface area contributed by atoms with Crippen LogP contribution < -0.4 is 14.5 Å². The van der Waals surface area contributed by atoms with Crippen LogP contribution in [0.1, 0.15) is 52.0 Å². The lowest BCUT2D eigenvalue weighted by Gasteiger charge is -2.32. The van der Waals surface area contributed by atoms with Crippen LogP contribution in [-0.4, -0.2) is 62.7 Å². The van der Waals surface area contributed by atoms with Crippen molar-refractivity contribution >= 4 is 42.9 Å². The van der Waals surface area contributed by atoms with Crippen molar-refractivity contribution < 1.29 is 33.9 Å². The molecule has 3 aliphatic rings. The van der Waals surface area contributed by atoms with Crippen molar-refractivity contribution in [2.24, 2.45) is 5.92 Å². The second kappa shape index (κ2) is 15.5. The fourth-order valence-corrected chi connectivity index (χ4v) is 12.1. The summed E-state index contributed by atoms with van der Waals surface area (Å²) in [4.78, 5) is 56.3. The number of hydrogen-bond donors (Lipinski definition) is 2. The molecule has 1 fully saturated rings. The van der Waals surface area contributed by atoms with Gasteiger partial charge in [-0.15, -0.1) is 5.10 Å². The highest BCUT2D eigenvalue weighted by atomic mass is 28.4. The maximum Gasteiger partial charge on any atom is 0.269 e. The number of rotatable bonds is 11. The first-order valence-corrected chi connectivity index (χ1v) is 23.3. The average molecular weight is 837 g/mol. The molecule has 0 saturated carbocycles. The van der Waals surface area contributed by atoms with Crippen LogP contribution >= 0.6 is 0 Å². The molecule has 5 aromatic carbocycles. The monoisotopic (exact) mass is 836 g/mol. The third kappa shape index (κ3) is 6.88. The number of carbonyl (C=O) groups is 2. The minimum atomic E-state index is -3.07. The fourth-order valence-electron chi connectivity index (χ4n) is 9.54. The predicted molar refractivity (Wildman–Crippen MR) is 229 cm³/mol. The number of nitro groups is 1. The van der Waals surface area contributed by atoms with Crippen LogP contribution in [-0.2, 0) is 28.2 Å². The Hall–Kier alpha value is -6.52. The number of aliphatic hydroxyl groups excluding tert-OH is 1. The molecule has 3 aliphatic heterocycles. The summed E-state index contributed by atoms with van der Waals surface area (Å²) in [5.41, 5.74) is 2.32. The average Bonchev–Trinajstić information content (AvgIpc) is 3.88. The maximum atomic E-state index is 15.2. The molecule has 1 saturated heterocycles. The molecule has 310 valence electrons. The molecule has 9 rings (SSSR count). The lowest BCUT2D eigenvalue weighted by atomic mass is 9.82. The molecule has 61 heavy (non-hydrogen) atoms. The number of ether oxygens (including phenoxy) is 2. The van der Waals surface area contributed by atoms with Crippen LogP contribution in [0.15, 0.2) is 128 Å². The summed E-state index contributed by atoms with van der Waals surface area (Å²) in [5.74, 6) is -0.641. The molecule has 14 nitrogen and oxygen atoms in total. The van der Waals surface area contributed by atoms with Gasteiger partial charge in [0.1, 0.15) is 5.75 Å². The Bertz CT molecular complexity index is 2670. The standard InChI is InChI=1S/C46H44N6O8Si/c1-29-43(61(2,3)58)42(22-23-49-27-37(47-48-49)35(28-53)31-13-5-4-6-14-31)60-46(29)36-25-33(52(56)57)20-21-38(36)50(45(46)55)26-30-12-11-15-32(24-30)51-39-17-8-10-19-41(39)59-40-18-9-7-16-34(40)44(51)54/h4-21,24-25,27,29,35,42-43,53,58H,22-23,26,28H2,1-3H3/t29-,35?,42+,43-,46+/m1/s1. The molecule has 2 N–H and O–H groups in total. The van der Waals surface area contributed by atoms with Crippen molar-refractivity contribution in [2.75, 3.05) is 16.4 Å². The number of para-hydroxylation sites is 3. The third-order valence-electron chi connectivity index (χ3n) is 12.3. The van der Waals surface area contributed by atoms with Gasteiger partial charge in [0.15, 0.2) is 19.7 Å². The van der Waals surface area contributed by atoms with Gasteiger partial charge in [0.25, 0.3) is 17.5 Å². The number of anilines is 3. The number of nitrogens with zero attached hydrogens (tertiary/aromatic N) is 6.